The van der Waals surface area contributed by atoms with Crippen molar-refractivity contribution in [1.29, 1.82) is 0 Å². The molecule has 1 atom stereocenters. The van der Waals surface area contributed by atoms with Crippen molar-refractivity contribution < 1.29 is 19.5 Å². The molecule has 0 fully saturated rings. The molecule has 0 aliphatic rings. The lowest BCUT2D eigenvalue weighted by Gasteiger charge is -2.20. The van der Waals surface area contributed by atoms with Gasteiger partial charge in [-0.05, 0) is 11.5 Å². The van der Waals surface area contributed by atoms with Crippen LogP contribution in [0.15, 0.2) is 30.3 Å². The van der Waals surface area contributed by atoms with Gasteiger partial charge in [-0.15, -0.1) is 9.79 Å². The smallest absolute Gasteiger partial charge is 0.388 e. The first-order valence-electron chi connectivity index (χ1n) is 5.60. The highest BCUT2D eigenvalue weighted by atomic mass is 31.1. The molecular formula is C12H20O4P+. The summed E-state index contributed by atoms with van der Waals surface area (Å²) >= 11 is 0. The predicted molar refractivity (Wildman–Crippen MR) is 67.5 cm³/mol. The number of rotatable bonds is 4. The largest absolute Gasteiger partial charge is 0.692 e. The zero-order valence-electron chi connectivity index (χ0n) is 10.2. The van der Waals surface area contributed by atoms with Crippen molar-refractivity contribution in [3.8, 4) is 0 Å². The molecule has 1 rings (SSSR count). The number of benzene rings is 1. The molecule has 17 heavy (non-hydrogen) atoms. The minimum absolute atomic E-state index is 0.295. The zero-order valence-corrected chi connectivity index (χ0v) is 11.0. The SMILES string of the molecule is CCC(CC)[C@H](O)c1ccccc1.O=[P+](O)O. The monoisotopic (exact) mass is 259 g/mol. The lowest BCUT2D eigenvalue weighted by Crippen LogP contribution is -2.10. The lowest BCUT2D eigenvalue weighted by atomic mass is 9.91. The normalized spacial score (nSPS) is 11.6. The molecule has 1 aromatic rings. The molecule has 0 bridgehead atoms. The molecule has 3 N–H and O–H groups in total. The Bertz CT molecular complexity index is 308. The summed E-state index contributed by atoms with van der Waals surface area (Å²) in [7, 11) is -2.87. The summed E-state index contributed by atoms with van der Waals surface area (Å²) in [6.07, 6.45) is 1.77. The summed E-state index contributed by atoms with van der Waals surface area (Å²) in [5, 5.41) is 9.98. The molecular weight excluding hydrogens is 239 g/mol. The van der Waals surface area contributed by atoms with Gasteiger partial charge in [-0.2, -0.15) is 0 Å². The van der Waals surface area contributed by atoms with Crippen LogP contribution in [-0.4, -0.2) is 14.9 Å². The third kappa shape index (κ3) is 7.18. The highest BCUT2D eigenvalue weighted by molar-refractivity contribution is 7.30. The fourth-order valence-corrected chi connectivity index (χ4v) is 1.66. The molecule has 1 aromatic carbocycles. The minimum atomic E-state index is -2.87. The Balaban J connectivity index is 0.000000557. The van der Waals surface area contributed by atoms with E-state index in [1.54, 1.807) is 0 Å². The Morgan fingerprint density at radius 3 is 1.88 bits per heavy atom. The van der Waals surface area contributed by atoms with Crippen molar-refractivity contribution in [3.05, 3.63) is 35.9 Å². The van der Waals surface area contributed by atoms with E-state index >= 15 is 0 Å². The van der Waals surface area contributed by atoms with E-state index in [1.165, 1.54) is 0 Å². The molecule has 0 aliphatic heterocycles. The summed E-state index contributed by atoms with van der Waals surface area (Å²) in [5.41, 5.74) is 1.04. The van der Waals surface area contributed by atoms with Crippen molar-refractivity contribution in [3.63, 3.8) is 0 Å². The van der Waals surface area contributed by atoms with Gasteiger partial charge in [-0.3, -0.25) is 0 Å². The summed E-state index contributed by atoms with van der Waals surface area (Å²) < 4.78 is 8.70. The van der Waals surface area contributed by atoms with Crippen molar-refractivity contribution in [2.45, 2.75) is 32.8 Å². The van der Waals surface area contributed by atoms with E-state index in [0.29, 0.717) is 5.92 Å². The fraction of sp³-hybridized carbons (Fsp3) is 0.500. The van der Waals surface area contributed by atoms with E-state index in [-0.39, 0.29) is 6.10 Å². The first kappa shape index (κ1) is 16.2. The van der Waals surface area contributed by atoms with E-state index in [4.69, 9.17) is 14.4 Å². The molecule has 0 unspecified atom stereocenters. The summed E-state index contributed by atoms with van der Waals surface area (Å²) in [4.78, 5) is 14.2. The number of aliphatic hydroxyl groups excluding tert-OH is 1. The van der Waals surface area contributed by atoms with Gasteiger partial charge in [0.25, 0.3) is 0 Å². The second kappa shape index (κ2) is 9.25. The Labute approximate surface area is 103 Å². The average molecular weight is 259 g/mol. The molecule has 5 heteroatoms. The van der Waals surface area contributed by atoms with Crippen LogP contribution in [0.5, 0.6) is 0 Å². The molecule has 0 amide bonds. The van der Waals surface area contributed by atoms with Crippen LogP contribution in [0.3, 0.4) is 0 Å². The molecule has 0 spiro atoms. The second-order valence-electron chi connectivity index (χ2n) is 3.68. The highest BCUT2D eigenvalue weighted by Gasteiger charge is 2.16. The van der Waals surface area contributed by atoms with Gasteiger partial charge in [-0.25, -0.2) is 0 Å². The van der Waals surface area contributed by atoms with Gasteiger partial charge < -0.3 is 5.11 Å². The van der Waals surface area contributed by atoms with Crippen molar-refractivity contribution in [2.24, 2.45) is 5.92 Å². The van der Waals surface area contributed by atoms with Gasteiger partial charge in [0.05, 0.1) is 6.10 Å². The standard InChI is InChI=1S/C12H18O.HO3P/c1-3-10(4-2)12(13)11-8-6-5-7-9-11;1-4(2)3/h5-10,12-13H,3-4H2,1-2H3;(H-,1,2,3)/p+1/t12-;/m0./s1. The summed E-state index contributed by atoms with van der Waals surface area (Å²) in [5.74, 6) is 0.391. The number of aliphatic hydroxyl groups is 1. The van der Waals surface area contributed by atoms with Crippen LogP contribution in [0.4, 0.5) is 0 Å². The quantitative estimate of drug-likeness (QED) is 0.726. The van der Waals surface area contributed by atoms with Crippen molar-refractivity contribution in [1.82, 2.24) is 0 Å². The van der Waals surface area contributed by atoms with Gasteiger partial charge in [0.15, 0.2) is 0 Å². The second-order valence-corrected chi connectivity index (χ2v) is 4.19. The summed E-state index contributed by atoms with van der Waals surface area (Å²) in [6, 6.07) is 9.90. The first-order chi connectivity index (χ1) is 8.02. The van der Waals surface area contributed by atoms with Gasteiger partial charge in [0, 0.05) is 4.57 Å². The molecule has 0 aromatic heterocycles. The molecule has 96 valence electrons. The van der Waals surface area contributed by atoms with Crippen LogP contribution in [0.1, 0.15) is 38.4 Å². The maximum Gasteiger partial charge on any atom is 0.692 e. The van der Waals surface area contributed by atoms with E-state index in [0.717, 1.165) is 18.4 Å². The van der Waals surface area contributed by atoms with Gasteiger partial charge in [0.1, 0.15) is 0 Å². The van der Waals surface area contributed by atoms with E-state index in [1.807, 2.05) is 30.3 Å². The molecule has 4 nitrogen and oxygen atoms in total. The lowest BCUT2D eigenvalue weighted by molar-refractivity contribution is 0.103. The Morgan fingerprint density at radius 2 is 1.53 bits per heavy atom. The maximum absolute atomic E-state index is 9.98. The van der Waals surface area contributed by atoms with Gasteiger partial charge in [-0.1, -0.05) is 57.0 Å². The van der Waals surface area contributed by atoms with Crippen molar-refractivity contribution in [2.75, 3.05) is 0 Å². The molecule has 0 saturated heterocycles. The van der Waals surface area contributed by atoms with Crippen LogP contribution in [0.2, 0.25) is 0 Å². The van der Waals surface area contributed by atoms with E-state index < -0.39 is 8.25 Å². The van der Waals surface area contributed by atoms with E-state index in [9.17, 15) is 5.11 Å². The van der Waals surface area contributed by atoms with Crippen molar-refractivity contribution >= 4 is 8.25 Å². The van der Waals surface area contributed by atoms with Crippen LogP contribution < -0.4 is 0 Å². The Morgan fingerprint density at radius 1 is 1.12 bits per heavy atom. The Hall–Kier alpha value is -0.800. The van der Waals surface area contributed by atoms with Crippen LogP contribution in [0.25, 0.3) is 0 Å². The fourth-order valence-electron chi connectivity index (χ4n) is 1.66. The topological polar surface area (TPSA) is 77.8 Å². The zero-order chi connectivity index (χ0) is 13.3. The molecule has 0 saturated carbocycles. The van der Waals surface area contributed by atoms with Crippen LogP contribution in [-0.2, 0) is 4.57 Å². The van der Waals surface area contributed by atoms with Crippen LogP contribution in [0, 0.1) is 5.92 Å². The van der Waals surface area contributed by atoms with E-state index in [2.05, 4.69) is 13.8 Å². The Kier molecular flexibility index (Phi) is 8.82. The average Bonchev–Trinajstić information content (AvgIpc) is 2.31. The molecule has 0 aliphatic carbocycles. The minimum Gasteiger partial charge on any atom is -0.388 e. The predicted octanol–water partition coefficient (Wildman–Crippen LogP) is 2.78. The third-order valence-corrected chi connectivity index (χ3v) is 2.64. The molecule has 0 heterocycles. The van der Waals surface area contributed by atoms with Gasteiger partial charge >= 0.3 is 8.25 Å². The van der Waals surface area contributed by atoms with Gasteiger partial charge in [0.2, 0.25) is 0 Å². The third-order valence-electron chi connectivity index (χ3n) is 2.64. The maximum atomic E-state index is 9.98. The highest BCUT2D eigenvalue weighted by Crippen LogP contribution is 2.26. The number of hydrogen-bond donors (Lipinski definition) is 3. The first-order valence-corrected chi connectivity index (χ1v) is 6.77. The summed E-state index contributed by atoms with van der Waals surface area (Å²) in [6.45, 7) is 4.25. The van der Waals surface area contributed by atoms with Crippen LogP contribution >= 0.6 is 8.25 Å². The molecule has 0 radical (unpaired) electrons. The number of hydrogen-bond acceptors (Lipinski definition) is 2.